The summed E-state index contributed by atoms with van der Waals surface area (Å²) in [5, 5.41) is 5.16. The zero-order valence-electron chi connectivity index (χ0n) is 10.8. The van der Waals surface area contributed by atoms with Gasteiger partial charge in [-0.05, 0) is 17.9 Å². The van der Waals surface area contributed by atoms with Gasteiger partial charge in [0, 0.05) is 19.0 Å². The summed E-state index contributed by atoms with van der Waals surface area (Å²) < 4.78 is 0. The molecule has 2 aromatic rings. The molecule has 0 saturated heterocycles. The Morgan fingerprint density at radius 2 is 1.89 bits per heavy atom. The van der Waals surface area contributed by atoms with E-state index in [-0.39, 0.29) is 6.03 Å². The fraction of sp³-hybridized carbons (Fsp3) is 0.267. The van der Waals surface area contributed by atoms with Gasteiger partial charge in [0.25, 0.3) is 0 Å². The lowest BCUT2D eigenvalue weighted by Crippen LogP contribution is -2.31. The summed E-state index contributed by atoms with van der Waals surface area (Å²) in [5.41, 5.74) is 0.862. The molecule has 0 saturated carbocycles. The Morgan fingerprint density at radius 3 is 2.67 bits per heavy atom. The molecule has 94 valence electrons. The summed E-state index contributed by atoms with van der Waals surface area (Å²) in [6, 6.07) is 13.9. The molecule has 0 aliphatic rings. The molecule has 0 radical (unpaired) electrons. The highest BCUT2D eigenvalue weighted by Crippen LogP contribution is 2.23. The van der Waals surface area contributed by atoms with Crippen molar-refractivity contribution in [3.8, 4) is 0 Å². The lowest BCUT2D eigenvalue weighted by Gasteiger charge is -2.17. The molecule has 0 heterocycles. The molecule has 0 unspecified atom stereocenters. The van der Waals surface area contributed by atoms with Crippen LogP contribution >= 0.6 is 0 Å². The number of hydrogen-bond donors (Lipinski definition) is 1. The van der Waals surface area contributed by atoms with Gasteiger partial charge in [-0.15, -0.1) is 0 Å². The molecule has 0 atom stereocenters. The van der Waals surface area contributed by atoms with E-state index in [4.69, 9.17) is 0 Å². The monoisotopic (exact) mass is 242 g/mol. The number of urea groups is 1. The van der Waals surface area contributed by atoms with E-state index in [1.54, 1.807) is 4.90 Å². The molecule has 0 bridgehead atoms. The van der Waals surface area contributed by atoms with Crippen LogP contribution in [0.25, 0.3) is 10.8 Å². The van der Waals surface area contributed by atoms with Crippen molar-refractivity contribution in [1.82, 2.24) is 4.90 Å². The van der Waals surface area contributed by atoms with Crippen molar-refractivity contribution in [1.29, 1.82) is 0 Å². The Labute approximate surface area is 107 Å². The molecule has 0 aliphatic heterocycles. The molecule has 0 aliphatic carbocycles. The molecule has 2 rings (SSSR count). The third-order valence-electron chi connectivity index (χ3n) is 2.94. The minimum atomic E-state index is -0.0618. The second-order valence-corrected chi connectivity index (χ2v) is 4.38. The molecule has 3 nitrogen and oxygen atoms in total. The first-order valence-electron chi connectivity index (χ1n) is 6.22. The zero-order chi connectivity index (χ0) is 13.0. The maximum Gasteiger partial charge on any atom is 0.321 e. The van der Waals surface area contributed by atoms with Gasteiger partial charge in [0.2, 0.25) is 0 Å². The lowest BCUT2D eigenvalue weighted by molar-refractivity contribution is 0.222. The topological polar surface area (TPSA) is 32.3 Å². The molecule has 18 heavy (non-hydrogen) atoms. The van der Waals surface area contributed by atoms with Gasteiger partial charge in [-0.25, -0.2) is 4.79 Å². The van der Waals surface area contributed by atoms with Gasteiger partial charge in [0.15, 0.2) is 0 Å². The number of fused-ring (bicyclic) bond motifs is 1. The van der Waals surface area contributed by atoms with Crippen molar-refractivity contribution in [2.75, 3.05) is 18.9 Å². The van der Waals surface area contributed by atoms with E-state index in [2.05, 4.69) is 12.2 Å². The maximum atomic E-state index is 12.0. The highest BCUT2D eigenvalue weighted by molar-refractivity contribution is 6.01. The van der Waals surface area contributed by atoms with E-state index >= 15 is 0 Å². The van der Waals surface area contributed by atoms with Gasteiger partial charge in [0.05, 0.1) is 5.69 Å². The van der Waals surface area contributed by atoms with Crippen molar-refractivity contribution in [2.24, 2.45) is 0 Å². The molecule has 0 aromatic heterocycles. The van der Waals surface area contributed by atoms with Gasteiger partial charge in [-0.3, -0.25) is 0 Å². The maximum absolute atomic E-state index is 12.0. The van der Waals surface area contributed by atoms with Crippen molar-refractivity contribution in [2.45, 2.75) is 13.3 Å². The minimum absolute atomic E-state index is 0.0618. The Hall–Kier alpha value is -2.03. The van der Waals surface area contributed by atoms with E-state index in [0.717, 1.165) is 29.4 Å². The number of hydrogen-bond acceptors (Lipinski definition) is 1. The number of amides is 2. The summed E-state index contributed by atoms with van der Waals surface area (Å²) in [7, 11) is 1.81. The predicted octanol–water partition coefficient (Wildman–Crippen LogP) is 3.71. The smallest absolute Gasteiger partial charge is 0.321 e. The van der Waals surface area contributed by atoms with Crippen LogP contribution in [0.2, 0.25) is 0 Å². The molecular weight excluding hydrogens is 224 g/mol. The molecule has 3 heteroatoms. The van der Waals surface area contributed by atoms with E-state index in [1.807, 2.05) is 49.5 Å². The zero-order valence-corrected chi connectivity index (χ0v) is 10.8. The van der Waals surface area contributed by atoms with Crippen molar-refractivity contribution < 1.29 is 4.79 Å². The van der Waals surface area contributed by atoms with Crippen molar-refractivity contribution >= 4 is 22.5 Å². The normalized spacial score (nSPS) is 10.3. The van der Waals surface area contributed by atoms with Crippen LogP contribution in [0.1, 0.15) is 13.3 Å². The Balaban J connectivity index is 2.24. The molecule has 2 amide bonds. The van der Waals surface area contributed by atoms with Crippen LogP contribution in [-0.2, 0) is 0 Å². The number of nitrogens with zero attached hydrogens (tertiary/aromatic N) is 1. The first-order chi connectivity index (χ1) is 8.72. The molecule has 0 fully saturated rings. The van der Waals surface area contributed by atoms with Crippen LogP contribution in [0, 0.1) is 0 Å². The Bertz CT molecular complexity index is 546. The average Bonchev–Trinajstić information content (AvgIpc) is 2.39. The fourth-order valence-electron chi connectivity index (χ4n) is 1.98. The van der Waals surface area contributed by atoms with Gasteiger partial charge in [-0.2, -0.15) is 0 Å². The summed E-state index contributed by atoms with van der Waals surface area (Å²) in [6.45, 7) is 2.82. The molecule has 0 spiro atoms. The largest absolute Gasteiger partial charge is 0.328 e. The number of benzene rings is 2. The van der Waals surface area contributed by atoms with E-state index in [9.17, 15) is 4.79 Å². The van der Waals surface area contributed by atoms with Gasteiger partial charge in [0.1, 0.15) is 0 Å². The van der Waals surface area contributed by atoms with Gasteiger partial charge >= 0.3 is 6.03 Å². The van der Waals surface area contributed by atoms with Gasteiger partial charge < -0.3 is 10.2 Å². The number of anilines is 1. The molecular formula is C15H18N2O. The van der Waals surface area contributed by atoms with E-state index in [1.165, 1.54) is 0 Å². The summed E-state index contributed by atoms with van der Waals surface area (Å²) >= 11 is 0. The Morgan fingerprint density at radius 1 is 1.17 bits per heavy atom. The highest BCUT2D eigenvalue weighted by Gasteiger charge is 2.09. The highest BCUT2D eigenvalue weighted by atomic mass is 16.2. The average molecular weight is 242 g/mol. The number of rotatable bonds is 3. The van der Waals surface area contributed by atoms with Crippen LogP contribution in [0.4, 0.5) is 10.5 Å². The fourth-order valence-corrected chi connectivity index (χ4v) is 1.98. The number of carbonyl (C=O) groups is 1. The second-order valence-electron chi connectivity index (χ2n) is 4.38. The van der Waals surface area contributed by atoms with Crippen LogP contribution < -0.4 is 5.32 Å². The van der Waals surface area contributed by atoms with Crippen LogP contribution in [0.3, 0.4) is 0 Å². The third kappa shape index (κ3) is 2.62. The van der Waals surface area contributed by atoms with Crippen molar-refractivity contribution in [3.05, 3.63) is 42.5 Å². The standard InChI is InChI=1S/C15H18N2O/c1-3-11-17(2)15(18)16-14-10-6-8-12-7-4-5-9-13(12)14/h4-10H,3,11H2,1-2H3,(H,16,18). The van der Waals surface area contributed by atoms with Crippen molar-refractivity contribution in [3.63, 3.8) is 0 Å². The van der Waals surface area contributed by atoms with Crippen LogP contribution in [-0.4, -0.2) is 24.5 Å². The first-order valence-corrected chi connectivity index (χ1v) is 6.22. The van der Waals surface area contributed by atoms with Crippen LogP contribution in [0.5, 0.6) is 0 Å². The Kier molecular flexibility index (Phi) is 3.82. The summed E-state index contributed by atoms with van der Waals surface area (Å²) in [5.74, 6) is 0. The minimum Gasteiger partial charge on any atom is -0.328 e. The SMILES string of the molecule is CCCN(C)C(=O)Nc1cccc2ccccc12. The molecule has 1 N–H and O–H groups in total. The quantitative estimate of drug-likeness (QED) is 0.874. The van der Waals surface area contributed by atoms with Crippen LogP contribution in [0.15, 0.2) is 42.5 Å². The number of carbonyl (C=O) groups excluding carboxylic acids is 1. The lowest BCUT2D eigenvalue weighted by atomic mass is 10.1. The van der Waals surface area contributed by atoms with Gasteiger partial charge in [-0.1, -0.05) is 43.3 Å². The second kappa shape index (κ2) is 5.54. The first kappa shape index (κ1) is 12.4. The predicted molar refractivity (Wildman–Crippen MR) is 75.9 cm³/mol. The number of nitrogens with one attached hydrogen (secondary N) is 1. The summed E-state index contributed by atoms with van der Waals surface area (Å²) in [6.07, 6.45) is 0.958. The van der Waals surface area contributed by atoms with E-state index < -0.39 is 0 Å². The summed E-state index contributed by atoms with van der Waals surface area (Å²) in [4.78, 5) is 13.7. The third-order valence-corrected chi connectivity index (χ3v) is 2.94. The van der Waals surface area contributed by atoms with E-state index in [0.29, 0.717) is 0 Å². The molecule has 2 aromatic carbocycles.